The fourth-order valence-corrected chi connectivity index (χ4v) is 4.97. The van der Waals surface area contributed by atoms with Gasteiger partial charge in [-0.05, 0) is 66.8 Å². The normalized spacial score (nSPS) is 11.6. The van der Waals surface area contributed by atoms with Gasteiger partial charge >= 0.3 is 0 Å². The van der Waals surface area contributed by atoms with E-state index in [4.69, 9.17) is 26.3 Å². The van der Waals surface area contributed by atoms with Crippen LogP contribution in [-0.4, -0.2) is 29.0 Å². The summed E-state index contributed by atoms with van der Waals surface area (Å²) in [7, 11) is 1.64. The van der Waals surface area contributed by atoms with Gasteiger partial charge in [-0.15, -0.1) is 0 Å². The summed E-state index contributed by atoms with van der Waals surface area (Å²) in [4.78, 5) is 26.2. The number of benzene rings is 3. The Kier molecular flexibility index (Phi) is 11.4. The van der Waals surface area contributed by atoms with E-state index in [2.05, 4.69) is 49.8 Å². The van der Waals surface area contributed by atoms with E-state index in [1.165, 1.54) is 0 Å². The zero-order valence-electron chi connectivity index (χ0n) is 26.4. The number of carbonyl (C=O) groups excluding carboxylic acids is 1. The number of aromatic nitrogens is 2. The minimum absolute atomic E-state index is 0.0761. The first kappa shape index (κ1) is 32.6. The third kappa shape index (κ3) is 8.84. The molecular weight excluding hydrogens is 568 g/mol. The first-order valence-corrected chi connectivity index (χ1v) is 15.4. The lowest BCUT2D eigenvalue weighted by Crippen LogP contribution is -2.48. The monoisotopic (exact) mass is 608 g/mol. The first-order valence-electron chi connectivity index (χ1n) is 15.0. The molecule has 1 amide bonds. The first-order chi connectivity index (χ1) is 21.1. The van der Waals surface area contributed by atoms with E-state index < -0.39 is 6.04 Å². The molecule has 44 heavy (non-hydrogen) atoms. The maximum absolute atomic E-state index is 14.2. The number of anilines is 1. The van der Waals surface area contributed by atoms with Gasteiger partial charge in [-0.3, -0.25) is 4.79 Å². The fourth-order valence-electron chi connectivity index (χ4n) is 4.84. The van der Waals surface area contributed by atoms with Crippen molar-refractivity contribution in [2.45, 2.75) is 66.1 Å². The Balaban J connectivity index is 1.82. The Morgan fingerprint density at radius 3 is 2.18 bits per heavy atom. The molecule has 3 aromatic carbocycles. The predicted molar refractivity (Wildman–Crippen MR) is 179 cm³/mol. The molecule has 0 saturated heterocycles. The molecule has 4 aromatic rings. The molecule has 1 aromatic heterocycles. The largest absolute Gasteiger partial charge is 0.497 e. The highest BCUT2D eigenvalue weighted by molar-refractivity contribution is 6.30. The zero-order chi connectivity index (χ0) is 31.6. The summed E-state index contributed by atoms with van der Waals surface area (Å²) in [5.74, 6) is 9.07. The number of halogens is 1. The minimum Gasteiger partial charge on any atom is -0.497 e. The number of amides is 1. The van der Waals surface area contributed by atoms with Gasteiger partial charge in [0.15, 0.2) is 0 Å². The minimum atomic E-state index is -0.518. The van der Waals surface area contributed by atoms with E-state index >= 15 is 0 Å². The van der Waals surface area contributed by atoms with Gasteiger partial charge in [0.2, 0.25) is 5.91 Å². The summed E-state index contributed by atoms with van der Waals surface area (Å²) >= 11 is 6.24. The maximum atomic E-state index is 14.2. The van der Waals surface area contributed by atoms with Gasteiger partial charge in [0.05, 0.1) is 18.4 Å². The van der Waals surface area contributed by atoms with Crippen LogP contribution in [0.1, 0.15) is 73.8 Å². The molecule has 0 bridgehead atoms. The highest BCUT2D eigenvalue weighted by atomic mass is 35.5. The fraction of sp³-hybridized carbons (Fsp3) is 0.324. The molecule has 228 valence electrons. The third-order valence-electron chi connectivity index (χ3n) is 7.25. The van der Waals surface area contributed by atoms with Gasteiger partial charge in [0.1, 0.15) is 23.4 Å². The van der Waals surface area contributed by atoms with Gasteiger partial charge in [-0.25, -0.2) is 9.97 Å². The number of nitrogens with zero attached hydrogens (tertiary/aromatic N) is 3. The second-order valence-corrected chi connectivity index (χ2v) is 12.0. The van der Waals surface area contributed by atoms with E-state index in [0.717, 1.165) is 28.1 Å². The Labute approximate surface area is 266 Å². The van der Waals surface area contributed by atoms with Crippen LogP contribution in [0, 0.1) is 24.7 Å². The number of carbonyl (C=O) groups is 1. The highest BCUT2D eigenvalue weighted by Crippen LogP contribution is 2.29. The Morgan fingerprint density at radius 1 is 0.909 bits per heavy atom. The van der Waals surface area contributed by atoms with E-state index in [1.807, 2.05) is 85.8 Å². The van der Waals surface area contributed by atoms with Gasteiger partial charge in [0.25, 0.3) is 0 Å². The van der Waals surface area contributed by atoms with E-state index in [1.54, 1.807) is 7.11 Å². The predicted octanol–water partition coefficient (Wildman–Crippen LogP) is 7.71. The lowest BCUT2D eigenvalue weighted by Gasteiger charge is -2.34. The lowest BCUT2D eigenvalue weighted by molar-refractivity contribution is -0.123. The van der Waals surface area contributed by atoms with Crippen LogP contribution in [0.15, 0.2) is 78.9 Å². The quantitative estimate of drug-likeness (QED) is 0.177. The molecule has 0 fully saturated rings. The van der Waals surface area contributed by atoms with E-state index in [-0.39, 0.29) is 17.7 Å². The van der Waals surface area contributed by atoms with Crippen molar-refractivity contribution in [3.63, 3.8) is 0 Å². The number of hydrogen-bond acceptors (Lipinski definition) is 5. The average Bonchev–Trinajstić information content (AvgIpc) is 3.02. The van der Waals surface area contributed by atoms with Gasteiger partial charge in [-0.2, -0.15) is 0 Å². The lowest BCUT2D eigenvalue weighted by atomic mass is 9.99. The molecular formula is C37H41ClN4O2. The molecule has 6 nitrogen and oxygen atoms in total. The molecule has 0 saturated carbocycles. The van der Waals surface area contributed by atoms with Crippen molar-refractivity contribution in [3.8, 4) is 17.6 Å². The van der Waals surface area contributed by atoms with Crippen molar-refractivity contribution in [2.24, 2.45) is 5.92 Å². The van der Waals surface area contributed by atoms with Gasteiger partial charge in [0, 0.05) is 29.6 Å². The molecule has 7 heteroatoms. The van der Waals surface area contributed by atoms with Gasteiger partial charge < -0.3 is 15.0 Å². The standard InChI is InChI=1S/C37H41ClN4O2/c1-25(2)22-34(37(43)39-23-29-14-19-32(44-6)20-15-29)42(24-30-12-17-31(38)18-13-30)36-33(21-16-28-10-8-7-9-11-28)27(5)40-35(41-36)26(3)4/h7-15,17-20,25-26,34H,22-24H2,1-6H3,(H,39,43). The number of hydrogen-bond donors (Lipinski definition) is 1. The smallest absolute Gasteiger partial charge is 0.243 e. The molecule has 1 heterocycles. The summed E-state index contributed by atoms with van der Waals surface area (Å²) in [5, 5.41) is 3.85. The van der Waals surface area contributed by atoms with Crippen molar-refractivity contribution in [1.29, 1.82) is 0 Å². The summed E-state index contributed by atoms with van der Waals surface area (Å²) in [6, 6.07) is 24.8. The molecule has 0 aliphatic rings. The number of methoxy groups -OCH3 is 1. The van der Waals surface area contributed by atoms with Crippen LogP contribution in [0.3, 0.4) is 0 Å². The Bertz CT molecular complexity index is 1590. The molecule has 0 radical (unpaired) electrons. The number of nitrogens with one attached hydrogen (secondary N) is 1. The molecule has 1 unspecified atom stereocenters. The number of rotatable bonds is 11. The average molecular weight is 609 g/mol. The van der Waals surface area contributed by atoms with Crippen molar-refractivity contribution < 1.29 is 9.53 Å². The second-order valence-electron chi connectivity index (χ2n) is 11.6. The molecule has 0 aliphatic carbocycles. The van der Waals surface area contributed by atoms with Crippen molar-refractivity contribution in [3.05, 3.63) is 118 Å². The molecule has 1 atom stereocenters. The van der Waals surface area contributed by atoms with Crippen LogP contribution in [0.4, 0.5) is 5.82 Å². The Hall–Kier alpha value is -4.34. The summed E-state index contributed by atoms with van der Waals surface area (Å²) < 4.78 is 5.29. The van der Waals surface area contributed by atoms with Gasteiger partial charge in [-0.1, -0.05) is 93.6 Å². The number of aryl methyl sites for hydroxylation is 1. The van der Waals surface area contributed by atoms with Crippen molar-refractivity contribution in [2.75, 3.05) is 12.0 Å². The molecule has 0 aliphatic heterocycles. The molecule has 4 rings (SSSR count). The van der Waals surface area contributed by atoms with Crippen molar-refractivity contribution in [1.82, 2.24) is 15.3 Å². The molecule has 1 N–H and O–H groups in total. The van der Waals surface area contributed by atoms with Crippen molar-refractivity contribution >= 4 is 23.3 Å². The van der Waals surface area contributed by atoms with Crippen LogP contribution in [-0.2, 0) is 17.9 Å². The second kappa shape index (κ2) is 15.4. The van der Waals surface area contributed by atoms with Crippen LogP contribution < -0.4 is 15.0 Å². The Morgan fingerprint density at radius 2 is 1.57 bits per heavy atom. The number of ether oxygens (including phenoxy) is 1. The SMILES string of the molecule is COc1ccc(CNC(=O)C(CC(C)C)N(Cc2ccc(Cl)cc2)c2nc(C(C)C)nc(C)c2C#Cc2ccccc2)cc1. The topological polar surface area (TPSA) is 67.3 Å². The highest BCUT2D eigenvalue weighted by Gasteiger charge is 2.31. The van der Waals surface area contributed by atoms with Crippen LogP contribution in [0.2, 0.25) is 5.02 Å². The summed E-state index contributed by atoms with van der Waals surface area (Å²) in [5.41, 5.74) is 4.39. The third-order valence-corrected chi connectivity index (χ3v) is 7.50. The summed E-state index contributed by atoms with van der Waals surface area (Å²) in [6.45, 7) is 11.2. The van der Waals surface area contributed by atoms with Crippen LogP contribution >= 0.6 is 11.6 Å². The maximum Gasteiger partial charge on any atom is 0.243 e. The zero-order valence-corrected chi connectivity index (χ0v) is 27.2. The van der Waals surface area contributed by atoms with E-state index in [9.17, 15) is 4.79 Å². The van der Waals surface area contributed by atoms with E-state index in [0.29, 0.717) is 41.7 Å². The van der Waals surface area contributed by atoms with Crippen LogP contribution in [0.5, 0.6) is 5.75 Å². The molecule has 0 spiro atoms. The van der Waals surface area contributed by atoms with Crippen LogP contribution in [0.25, 0.3) is 0 Å². The summed E-state index contributed by atoms with van der Waals surface area (Å²) in [6.07, 6.45) is 0.619.